The van der Waals surface area contributed by atoms with Gasteiger partial charge in [-0.2, -0.15) is 0 Å². The number of phenolic OH excluding ortho intramolecular Hbond substituents is 1. The maximum absolute atomic E-state index is 12.2. The lowest BCUT2D eigenvalue weighted by Gasteiger charge is -2.30. The highest BCUT2D eigenvalue weighted by Crippen LogP contribution is 2.19. The average molecular weight is 236 g/mol. The van der Waals surface area contributed by atoms with Crippen LogP contribution >= 0.6 is 0 Å². The van der Waals surface area contributed by atoms with Crippen molar-refractivity contribution in [2.75, 3.05) is 18.5 Å². The minimum Gasteiger partial charge on any atom is -0.508 e. The summed E-state index contributed by atoms with van der Waals surface area (Å²) in [6.45, 7) is 6.42. The molecule has 0 bridgehead atoms. The molecule has 0 aliphatic carbocycles. The van der Waals surface area contributed by atoms with Gasteiger partial charge in [-0.05, 0) is 44.7 Å². The lowest BCUT2D eigenvalue weighted by molar-refractivity contribution is -0.123. The Labute approximate surface area is 102 Å². The molecule has 94 valence electrons. The van der Waals surface area contributed by atoms with E-state index in [4.69, 9.17) is 0 Å². The summed E-state index contributed by atoms with van der Waals surface area (Å²) in [5.41, 5.74) is 0.167. The molecule has 0 aromatic heterocycles. The fourth-order valence-electron chi connectivity index (χ4n) is 1.73. The van der Waals surface area contributed by atoms with Crippen LogP contribution in [0.4, 0.5) is 5.69 Å². The van der Waals surface area contributed by atoms with Gasteiger partial charge >= 0.3 is 0 Å². The monoisotopic (exact) mass is 236 g/mol. The van der Waals surface area contributed by atoms with E-state index in [1.807, 2.05) is 20.8 Å². The van der Waals surface area contributed by atoms with Gasteiger partial charge < -0.3 is 15.3 Å². The van der Waals surface area contributed by atoms with Crippen LogP contribution in [0.15, 0.2) is 24.3 Å². The summed E-state index contributed by atoms with van der Waals surface area (Å²) < 4.78 is 0. The lowest BCUT2D eigenvalue weighted by Crippen LogP contribution is -2.53. The molecule has 0 aliphatic heterocycles. The van der Waals surface area contributed by atoms with Crippen molar-refractivity contribution in [3.63, 3.8) is 0 Å². The lowest BCUT2D eigenvalue weighted by atomic mass is 10.0. The van der Waals surface area contributed by atoms with Gasteiger partial charge in [0, 0.05) is 12.7 Å². The second-order valence-electron chi connectivity index (χ2n) is 4.54. The third kappa shape index (κ3) is 3.20. The molecule has 0 radical (unpaired) electrons. The van der Waals surface area contributed by atoms with E-state index in [0.717, 1.165) is 12.2 Å². The minimum absolute atomic E-state index is 0.00922. The van der Waals surface area contributed by atoms with Crippen molar-refractivity contribution in [2.45, 2.75) is 26.3 Å². The van der Waals surface area contributed by atoms with Crippen LogP contribution in [0.2, 0.25) is 0 Å². The summed E-state index contributed by atoms with van der Waals surface area (Å²) in [5.74, 6) is 0.186. The van der Waals surface area contributed by atoms with Crippen molar-refractivity contribution in [1.82, 2.24) is 5.32 Å². The van der Waals surface area contributed by atoms with E-state index in [0.29, 0.717) is 0 Å². The first-order valence-electron chi connectivity index (χ1n) is 5.70. The molecule has 0 unspecified atom stereocenters. The zero-order chi connectivity index (χ0) is 13.1. The zero-order valence-electron chi connectivity index (χ0n) is 10.8. The maximum Gasteiger partial charge on any atom is 0.246 e. The fourth-order valence-corrected chi connectivity index (χ4v) is 1.73. The number of hydrogen-bond donors (Lipinski definition) is 2. The van der Waals surface area contributed by atoms with Gasteiger partial charge in [0.1, 0.15) is 5.75 Å². The highest BCUT2D eigenvalue weighted by Gasteiger charge is 2.29. The molecule has 1 amide bonds. The molecule has 0 aliphatic rings. The Hall–Kier alpha value is -1.55. The first-order valence-corrected chi connectivity index (χ1v) is 5.70. The Morgan fingerprint density at radius 1 is 1.35 bits per heavy atom. The summed E-state index contributed by atoms with van der Waals surface area (Å²) in [7, 11) is 1.73. The van der Waals surface area contributed by atoms with E-state index >= 15 is 0 Å². The molecule has 0 atom stereocenters. The zero-order valence-corrected chi connectivity index (χ0v) is 10.8. The molecule has 0 heterocycles. The number of amides is 1. The van der Waals surface area contributed by atoms with E-state index in [9.17, 15) is 9.90 Å². The van der Waals surface area contributed by atoms with Crippen LogP contribution in [0, 0.1) is 0 Å². The van der Waals surface area contributed by atoms with E-state index in [1.165, 1.54) is 0 Å². The molecule has 1 aromatic carbocycles. The number of phenols is 1. The number of nitrogens with zero attached hydrogens (tertiary/aromatic N) is 1. The van der Waals surface area contributed by atoms with Crippen LogP contribution in [0.1, 0.15) is 20.8 Å². The third-order valence-electron chi connectivity index (χ3n) is 2.70. The van der Waals surface area contributed by atoms with Gasteiger partial charge in [0.15, 0.2) is 0 Å². The molecule has 4 heteroatoms. The summed E-state index contributed by atoms with van der Waals surface area (Å²) in [6, 6.07) is 6.57. The van der Waals surface area contributed by atoms with E-state index in [2.05, 4.69) is 5.32 Å². The number of likely N-dealkylation sites (N-methyl/N-ethyl adjacent to an activating group) is 2. The van der Waals surface area contributed by atoms with Crippen LogP contribution < -0.4 is 10.2 Å². The molecule has 0 saturated heterocycles. The normalized spacial score (nSPS) is 11.3. The van der Waals surface area contributed by atoms with Gasteiger partial charge in [-0.3, -0.25) is 4.79 Å². The van der Waals surface area contributed by atoms with Crippen molar-refractivity contribution in [3.8, 4) is 5.75 Å². The van der Waals surface area contributed by atoms with Crippen LogP contribution in [0.25, 0.3) is 0 Å². The predicted octanol–water partition coefficient (Wildman–Crippen LogP) is 1.74. The van der Waals surface area contributed by atoms with Gasteiger partial charge in [-0.1, -0.05) is 6.92 Å². The summed E-state index contributed by atoms with van der Waals surface area (Å²) in [6.07, 6.45) is 0. The Balaban J connectivity index is 2.86. The molecule has 2 N–H and O–H groups in total. The van der Waals surface area contributed by atoms with Gasteiger partial charge in [0.2, 0.25) is 5.91 Å². The number of anilines is 1. The standard InChI is InChI=1S/C13H20N2O2/c1-5-14-13(2,3)12(17)15(4)10-6-8-11(16)9-7-10/h6-9,14,16H,5H2,1-4H3. The number of carbonyl (C=O) groups is 1. The smallest absolute Gasteiger partial charge is 0.246 e. The molecule has 1 aromatic rings. The number of carbonyl (C=O) groups excluding carboxylic acids is 1. The van der Waals surface area contributed by atoms with Crippen molar-refractivity contribution >= 4 is 11.6 Å². The number of benzene rings is 1. The largest absolute Gasteiger partial charge is 0.508 e. The molecular weight excluding hydrogens is 216 g/mol. The second kappa shape index (κ2) is 5.19. The molecule has 17 heavy (non-hydrogen) atoms. The predicted molar refractivity (Wildman–Crippen MR) is 69.3 cm³/mol. The molecule has 0 fully saturated rings. The van der Waals surface area contributed by atoms with Gasteiger partial charge in [-0.25, -0.2) is 0 Å². The number of hydrogen-bond acceptors (Lipinski definition) is 3. The first-order chi connectivity index (χ1) is 7.88. The maximum atomic E-state index is 12.2. The second-order valence-corrected chi connectivity index (χ2v) is 4.54. The quantitative estimate of drug-likeness (QED) is 0.837. The summed E-state index contributed by atoms with van der Waals surface area (Å²) in [4.78, 5) is 13.8. The molecule has 4 nitrogen and oxygen atoms in total. The highest BCUT2D eigenvalue weighted by atomic mass is 16.3. The fraction of sp³-hybridized carbons (Fsp3) is 0.462. The summed E-state index contributed by atoms with van der Waals surface area (Å²) in [5, 5.41) is 12.3. The Bertz CT molecular complexity index is 385. The molecule has 0 saturated carbocycles. The van der Waals surface area contributed by atoms with Crippen LogP contribution in [-0.2, 0) is 4.79 Å². The van der Waals surface area contributed by atoms with E-state index in [1.54, 1.807) is 36.2 Å². The van der Waals surface area contributed by atoms with Crippen molar-refractivity contribution in [1.29, 1.82) is 0 Å². The molecule has 1 rings (SSSR count). The highest BCUT2D eigenvalue weighted by molar-refractivity contribution is 5.99. The Kier molecular flexibility index (Phi) is 4.12. The Morgan fingerprint density at radius 2 is 1.88 bits per heavy atom. The molecular formula is C13H20N2O2. The van der Waals surface area contributed by atoms with Crippen LogP contribution in [0.3, 0.4) is 0 Å². The number of nitrogens with one attached hydrogen (secondary N) is 1. The van der Waals surface area contributed by atoms with Crippen molar-refractivity contribution < 1.29 is 9.90 Å². The van der Waals surface area contributed by atoms with Crippen LogP contribution in [-0.4, -0.2) is 30.1 Å². The molecule has 0 spiro atoms. The minimum atomic E-state index is -0.596. The van der Waals surface area contributed by atoms with E-state index in [-0.39, 0.29) is 11.7 Å². The van der Waals surface area contributed by atoms with Crippen LogP contribution in [0.5, 0.6) is 5.75 Å². The van der Waals surface area contributed by atoms with E-state index < -0.39 is 5.54 Å². The number of rotatable bonds is 4. The van der Waals surface area contributed by atoms with Gasteiger partial charge in [0.05, 0.1) is 5.54 Å². The topological polar surface area (TPSA) is 52.6 Å². The van der Waals surface area contributed by atoms with Crippen molar-refractivity contribution in [2.24, 2.45) is 0 Å². The summed E-state index contributed by atoms with van der Waals surface area (Å²) >= 11 is 0. The van der Waals surface area contributed by atoms with Gasteiger partial charge in [-0.15, -0.1) is 0 Å². The number of aromatic hydroxyl groups is 1. The third-order valence-corrected chi connectivity index (χ3v) is 2.70. The Morgan fingerprint density at radius 3 is 2.35 bits per heavy atom. The first kappa shape index (κ1) is 13.5. The SMILES string of the molecule is CCNC(C)(C)C(=O)N(C)c1ccc(O)cc1. The average Bonchev–Trinajstić information content (AvgIpc) is 2.28. The van der Waals surface area contributed by atoms with Crippen molar-refractivity contribution in [3.05, 3.63) is 24.3 Å². The van der Waals surface area contributed by atoms with Gasteiger partial charge in [0.25, 0.3) is 0 Å².